The summed E-state index contributed by atoms with van der Waals surface area (Å²) in [5, 5.41) is 10.1. The monoisotopic (exact) mass is 463 g/mol. The van der Waals surface area contributed by atoms with Crippen LogP contribution < -0.4 is 0 Å². The molecule has 7 nitrogen and oxygen atoms in total. The summed E-state index contributed by atoms with van der Waals surface area (Å²) in [6.45, 7) is 8.70. The van der Waals surface area contributed by atoms with Gasteiger partial charge < -0.3 is 14.6 Å². The maximum absolute atomic E-state index is 13.0. The molecule has 174 valence electrons. The van der Waals surface area contributed by atoms with Crippen LogP contribution in [0.4, 0.5) is 0 Å². The molecule has 1 N–H and O–H groups in total. The standard InChI is InChI=1S/C24H30ClNO6/c1-6-24(14-18(27)28)19(21(29)31-7-2)17(12-11-15-9-8-10-16(25)13-15)20(26-24)22(30)32-23(3,4)5/h8-10,13H,6-7,11-12,14H2,1-5H3,(H,27,28). The number of aliphatic imine (C=N–C) groups is 1. The second kappa shape index (κ2) is 10.3. The first-order chi connectivity index (χ1) is 14.9. The van der Waals surface area contributed by atoms with Crippen LogP contribution >= 0.6 is 11.6 Å². The van der Waals surface area contributed by atoms with Crippen LogP contribution in [-0.4, -0.2) is 46.5 Å². The van der Waals surface area contributed by atoms with E-state index in [4.69, 9.17) is 21.1 Å². The van der Waals surface area contributed by atoms with E-state index in [-0.39, 0.29) is 30.7 Å². The van der Waals surface area contributed by atoms with Gasteiger partial charge in [-0.15, -0.1) is 0 Å². The van der Waals surface area contributed by atoms with Crippen molar-refractivity contribution in [2.45, 2.75) is 71.4 Å². The molecule has 1 atom stereocenters. The van der Waals surface area contributed by atoms with Gasteiger partial charge in [-0.25, -0.2) is 9.59 Å². The van der Waals surface area contributed by atoms with Crippen molar-refractivity contribution in [3.8, 4) is 0 Å². The largest absolute Gasteiger partial charge is 0.481 e. The summed E-state index contributed by atoms with van der Waals surface area (Å²) in [5.74, 6) is -2.49. The molecule has 0 amide bonds. The first kappa shape index (κ1) is 25.6. The lowest BCUT2D eigenvalue weighted by atomic mass is 9.82. The summed E-state index contributed by atoms with van der Waals surface area (Å²) in [5.41, 5.74) is -0.815. The number of aryl methyl sites for hydroxylation is 1. The highest BCUT2D eigenvalue weighted by Crippen LogP contribution is 2.41. The van der Waals surface area contributed by atoms with Crippen molar-refractivity contribution in [2.24, 2.45) is 4.99 Å². The molecule has 0 saturated carbocycles. The molecule has 0 bridgehead atoms. The molecule has 1 aromatic rings. The minimum absolute atomic E-state index is 0.0203. The molecule has 32 heavy (non-hydrogen) atoms. The average molecular weight is 464 g/mol. The quantitative estimate of drug-likeness (QED) is 0.539. The third-order valence-corrected chi connectivity index (χ3v) is 5.27. The highest BCUT2D eigenvalue weighted by atomic mass is 35.5. The van der Waals surface area contributed by atoms with E-state index in [2.05, 4.69) is 4.99 Å². The third-order valence-electron chi connectivity index (χ3n) is 5.03. The van der Waals surface area contributed by atoms with E-state index in [1.165, 1.54) is 0 Å². The van der Waals surface area contributed by atoms with E-state index in [0.717, 1.165) is 5.56 Å². The van der Waals surface area contributed by atoms with Crippen molar-refractivity contribution in [3.05, 3.63) is 46.0 Å². The van der Waals surface area contributed by atoms with Gasteiger partial charge in [0, 0.05) is 5.02 Å². The number of carboxylic acids is 1. The van der Waals surface area contributed by atoms with Crippen molar-refractivity contribution < 1.29 is 29.0 Å². The Morgan fingerprint density at radius 3 is 2.34 bits per heavy atom. The van der Waals surface area contributed by atoms with Crippen LogP contribution in [0.1, 0.15) is 59.4 Å². The fourth-order valence-corrected chi connectivity index (χ4v) is 3.93. The van der Waals surface area contributed by atoms with E-state index in [1.54, 1.807) is 46.8 Å². The van der Waals surface area contributed by atoms with Crippen LogP contribution in [-0.2, 0) is 30.3 Å². The van der Waals surface area contributed by atoms with Crippen molar-refractivity contribution in [1.29, 1.82) is 0 Å². The Labute approximate surface area is 193 Å². The molecule has 0 fully saturated rings. The summed E-state index contributed by atoms with van der Waals surface area (Å²) in [4.78, 5) is 42.3. The van der Waals surface area contributed by atoms with Gasteiger partial charge in [-0.05, 0) is 70.2 Å². The number of ether oxygens (including phenoxy) is 2. The van der Waals surface area contributed by atoms with Crippen LogP contribution in [0.5, 0.6) is 0 Å². The van der Waals surface area contributed by atoms with Crippen LogP contribution in [0.3, 0.4) is 0 Å². The number of hydrogen-bond acceptors (Lipinski definition) is 6. The number of hydrogen-bond donors (Lipinski definition) is 1. The molecule has 1 heterocycles. The minimum atomic E-state index is -1.39. The van der Waals surface area contributed by atoms with Crippen LogP contribution in [0.25, 0.3) is 0 Å². The van der Waals surface area contributed by atoms with Gasteiger partial charge >= 0.3 is 17.9 Å². The second-order valence-electron chi connectivity index (χ2n) is 8.62. The number of esters is 2. The fourth-order valence-electron chi connectivity index (χ4n) is 3.71. The number of nitrogens with zero attached hydrogens (tertiary/aromatic N) is 1. The first-order valence-electron chi connectivity index (χ1n) is 10.6. The SMILES string of the molecule is CCOC(=O)C1=C(CCc2cccc(Cl)c2)C(C(=O)OC(C)(C)C)=NC1(CC)CC(=O)O. The van der Waals surface area contributed by atoms with Crippen LogP contribution in [0, 0.1) is 0 Å². The average Bonchev–Trinajstić information content (AvgIpc) is 2.99. The molecule has 1 aliphatic heterocycles. The number of halogens is 1. The maximum atomic E-state index is 13.0. The Balaban J connectivity index is 2.61. The summed E-state index contributed by atoms with van der Waals surface area (Å²) in [6, 6.07) is 7.26. The zero-order chi connectivity index (χ0) is 24.1. The summed E-state index contributed by atoms with van der Waals surface area (Å²) in [7, 11) is 0. The number of carbonyl (C=O) groups is 3. The topological polar surface area (TPSA) is 102 Å². The lowest BCUT2D eigenvalue weighted by molar-refractivity contribution is -0.146. The van der Waals surface area contributed by atoms with E-state index in [9.17, 15) is 19.5 Å². The van der Waals surface area contributed by atoms with E-state index in [0.29, 0.717) is 17.0 Å². The molecule has 0 aromatic heterocycles. The van der Waals surface area contributed by atoms with Gasteiger partial charge in [-0.1, -0.05) is 30.7 Å². The molecule has 2 rings (SSSR count). The molecular weight excluding hydrogens is 434 g/mol. The number of aliphatic carboxylic acids is 1. The molecule has 1 unspecified atom stereocenters. The van der Waals surface area contributed by atoms with Crippen molar-refractivity contribution >= 4 is 35.2 Å². The van der Waals surface area contributed by atoms with Crippen molar-refractivity contribution in [2.75, 3.05) is 6.61 Å². The molecule has 8 heteroatoms. The highest BCUT2D eigenvalue weighted by Gasteiger charge is 2.48. The minimum Gasteiger partial charge on any atom is -0.481 e. The molecular formula is C24H30ClNO6. The number of rotatable bonds is 9. The van der Waals surface area contributed by atoms with Gasteiger partial charge in [0.05, 0.1) is 18.6 Å². The first-order valence-corrected chi connectivity index (χ1v) is 11.0. The van der Waals surface area contributed by atoms with Gasteiger partial charge in [-0.3, -0.25) is 9.79 Å². The Kier molecular flexibility index (Phi) is 8.24. The highest BCUT2D eigenvalue weighted by molar-refractivity contribution is 6.45. The fraction of sp³-hybridized carbons (Fsp3) is 0.500. The van der Waals surface area contributed by atoms with Gasteiger partial charge in [0.1, 0.15) is 16.9 Å². The molecule has 1 aromatic carbocycles. The Hall–Kier alpha value is -2.67. The summed E-state index contributed by atoms with van der Waals surface area (Å²) >= 11 is 6.09. The van der Waals surface area contributed by atoms with Gasteiger partial charge in [0.25, 0.3) is 0 Å². The smallest absolute Gasteiger partial charge is 0.357 e. The Morgan fingerprint density at radius 2 is 1.81 bits per heavy atom. The van der Waals surface area contributed by atoms with Gasteiger partial charge in [-0.2, -0.15) is 0 Å². The van der Waals surface area contributed by atoms with Crippen molar-refractivity contribution in [1.82, 2.24) is 0 Å². The van der Waals surface area contributed by atoms with E-state index >= 15 is 0 Å². The van der Waals surface area contributed by atoms with E-state index < -0.39 is 35.5 Å². The lowest BCUT2D eigenvalue weighted by Gasteiger charge is -2.26. The predicted molar refractivity (Wildman–Crippen MR) is 122 cm³/mol. The molecule has 0 aliphatic carbocycles. The van der Waals surface area contributed by atoms with Gasteiger partial charge in [0.2, 0.25) is 0 Å². The van der Waals surface area contributed by atoms with Gasteiger partial charge in [0.15, 0.2) is 0 Å². The maximum Gasteiger partial charge on any atom is 0.357 e. The molecule has 0 radical (unpaired) electrons. The molecule has 0 spiro atoms. The number of benzene rings is 1. The third kappa shape index (κ3) is 6.19. The van der Waals surface area contributed by atoms with Crippen LogP contribution in [0.15, 0.2) is 40.4 Å². The lowest BCUT2D eigenvalue weighted by Crippen LogP contribution is -2.34. The normalized spacial score (nSPS) is 18.4. The number of carboxylic acid groups (broad SMARTS) is 1. The number of carbonyl (C=O) groups excluding carboxylic acids is 2. The summed E-state index contributed by atoms with van der Waals surface area (Å²) in [6.07, 6.45) is 0.506. The van der Waals surface area contributed by atoms with Crippen molar-refractivity contribution in [3.63, 3.8) is 0 Å². The van der Waals surface area contributed by atoms with E-state index in [1.807, 2.05) is 12.1 Å². The Bertz CT molecular complexity index is 959. The zero-order valence-electron chi connectivity index (χ0n) is 19.2. The zero-order valence-corrected chi connectivity index (χ0v) is 19.9. The Morgan fingerprint density at radius 1 is 1.12 bits per heavy atom. The van der Waals surface area contributed by atoms with Crippen LogP contribution in [0.2, 0.25) is 5.02 Å². The summed E-state index contributed by atoms with van der Waals surface area (Å²) < 4.78 is 10.8. The predicted octanol–water partition coefficient (Wildman–Crippen LogP) is 4.55. The molecule has 0 saturated heterocycles. The molecule has 1 aliphatic rings. The second-order valence-corrected chi connectivity index (χ2v) is 9.06.